The Hall–Kier alpha value is -2.33. The molecule has 0 N–H and O–H groups in total. The lowest BCUT2D eigenvalue weighted by Crippen LogP contribution is -2.02. The highest BCUT2D eigenvalue weighted by atomic mass is 16.5. The van der Waals surface area contributed by atoms with E-state index in [9.17, 15) is 9.59 Å². The third-order valence-corrected chi connectivity index (χ3v) is 2.05. The van der Waals surface area contributed by atoms with Gasteiger partial charge in [-0.15, -0.1) is 0 Å². The predicted molar refractivity (Wildman–Crippen MR) is 58.7 cm³/mol. The minimum Gasteiger partial charge on any atom is -0.493 e. The van der Waals surface area contributed by atoms with Crippen molar-refractivity contribution in [3.05, 3.63) is 17.7 Å². The van der Waals surface area contributed by atoms with E-state index < -0.39 is 5.97 Å². The molecule has 1 rings (SSSR count). The monoisotopic (exact) mass is 237 g/mol. The molecule has 0 unspecified atom stereocenters. The van der Waals surface area contributed by atoms with Gasteiger partial charge in [0.1, 0.15) is 5.69 Å². The van der Waals surface area contributed by atoms with Crippen LogP contribution in [-0.4, -0.2) is 33.4 Å². The van der Waals surface area contributed by atoms with Crippen LogP contribution in [-0.2, 0) is 9.53 Å². The Labute approximate surface area is 97.8 Å². The van der Waals surface area contributed by atoms with Crippen molar-refractivity contribution >= 4 is 17.7 Å². The summed E-state index contributed by atoms with van der Waals surface area (Å²) in [4.78, 5) is 25.1. The van der Waals surface area contributed by atoms with Crippen LogP contribution in [0.5, 0.6) is 11.5 Å². The smallest absolute Gasteiger partial charge is 0.338 e. The number of nitrogens with zero attached hydrogens (tertiary/aromatic N) is 1. The largest absolute Gasteiger partial charge is 0.493 e. The lowest BCUT2D eigenvalue weighted by atomic mass is 10.1. The summed E-state index contributed by atoms with van der Waals surface area (Å²) in [5.74, 6) is -0.0267. The van der Waals surface area contributed by atoms with Crippen molar-refractivity contribution in [3.63, 3.8) is 0 Å². The summed E-state index contributed by atoms with van der Waals surface area (Å²) in [6, 6.07) is 2.80. The molecule has 0 aromatic heterocycles. The Bertz CT molecular complexity index is 477. The molecule has 0 heterocycles. The van der Waals surface area contributed by atoms with Crippen LogP contribution < -0.4 is 9.47 Å². The van der Waals surface area contributed by atoms with Crippen molar-refractivity contribution in [3.8, 4) is 11.5 Å². The molecule has 1 aromatic carbocycles. The summed E-state index contributed by atoms with van der Waals surface area (Å²) in [7, 11) is 4.06. The van der Waals surface area contributed by atoms with Crippen LogP contribution in [0.4, 0.5) is 5.69 Å². The van der Waals surface area contributed by atoms with E-state index in [4.69, 9.17) is 9.47 Å². The fourth-order valence-corrected chi connectivity index (χ4v) is 1.31. The van der Waals surface area contributed by atoms with Crippen LogP contribution in [0.3, 0.4) is 0 Å². The normalized spacial score (nSPS) is 9.12. The molecular weight excluding hydrogens is 226 g/mol. The van der Waals surface area contributed by atoms with Crippen molar-refractivity contribution in [2.45, 2.75) is 0 Å². The quantitative estimate of drug-likeness (QED) is 0.450. The molecule has 0 amide bonds. The molecule has 1 aromatic rings. The number of carbonyl (C=O) groups is 1. The zero-order chi connectivity index (χ0) is 12.8. The average molecular weight is 237 g/mol. The first kappa shape index (κ1) is 12.7. The van der Waals surface area contributed by atoms with Gasteiger partial charge < -0.3 is 14.2 Å². The van der Waals surface area contributed by atoms with E-state index in [1.54, 1.807) is 0 Å². The first-order chi connectivity index (χ1) is 8.17. The molecule has 0 aliphatic rings. The Morgan fingerprint density at radius 2 is 1.94 bits per heavy atom. The van der Waals surface area contributed by atoms with Crippen molar-refractivity contribution < 1.29 is 23.8 Å². The van der Waals surface area contributed by atoms with E-state index >= 15 is 0 Å². The third kappa shape index (κ3) is 2.62. The second kappa shape index (κ2) is 5.67. The van der Waals surface area contributed by atoms with Crippen LogP contribution in [0.15, 0.2) is 17.1 Å². The molecule has 90 valence electrons. The fourth-order valence-electron chi connectivity index (χ4n) is 1.31. The zero-order valence-corrected chi connectivity index (χ0v) is 9.64. The molecule has 0 saturated carbocycles. The van der Waals surface area contributed by atoms with Crippen LogP contribution in [0.2, 0.25) is 0 Å². The summed E-state index contributed by atoms with van der Waals surface area (Å²) in [5, 5.41) is 0. The topological polar surface area (TPSA) is 74.2 Å². The first-order valence-electron chi connectivity index (χ1n) is 4.60. The van der Waals surface area contributed by atoms with E-state index in [0.717, 1.165) is 0 Å². The van der Waals surface area contributed by atoms with E-state index in [-0.39, 0.29) is 22.7 Å². The molecule has 6 nitrogen and oxygen atoms in total. The lowest BCUT2D eigenvalue weighted by molar-refractivity contribution is 0.0600. The van der Waals surface area contributed by atoms with Crippen molar-refractivity contribution in [1.29, 1.82) is 0 Å². The second-order valence-electron chi connectivity index (χ2n) is 2.93. The van der Waals surface area contributed by atoms with Gasteiger partial charge in [0.05, 0.1) is 26.9 Å². The van der Waals surface area contributed by atoms with Crippen molar-refractivity contribution in [2.75, 3.05) is 21.3 Å². The summed E-state index contributed by atoms with van der Waals surface area (Å²) in [6.07, 6.45) is 1.38. The molecule has 6 heteroatoms. The summed E-state index contributed by atoms with van der Waals surface area (Å²) in [6.45, 7) is 0. The van der Waals surface area contributed by atoms with E-state index in [0.29, 0.717) is 0 Å². The molecular formula is C11H11NO5. The Kier molecular flexibility index (Phi) is 4.25. The standard InChI is InChI=1S/C11H11NO5/c1-15-9-5-7(11(14)17-3)4-8(12-6-13)10(9)16-2/h4-5H,1-3H3. The van der Waals surface area contributed by atoms with Gasteiger partial charge in [-0.3, -0.25) is 0 Å². The average Bonchev–Trinajstić information content (AvgIpc) is 2.37. The molecule has 0 aliphatic carbocycles. The molecule has 17 heavy (non-hydrogen) atoms. The number of benzene rings is 1. The van der Waals surface area contributed by atoms with Crippen LogP contribution in [0.1, 0.15) is 10.4 Å². The number of hydrogen-bond donors (Lipinski definition) is 0. The number of methoxy groups -OCH3 is 3. The SMILES string of the molecule is COC(=O)c1cc(N=C=O)c(OC)c(OC)c1. The maximum absolute atomic E-state index is 11.4. The molecule has 0 saturated heterocycles. The summed E-state index contributed by atoms with van der Waals surface area (Å²) >= 11 is 0. The van der Waals surface area contributed by atoms with E-state index in [1.165, 1.54) is 39.5 Å². The maximum atomic E-state index is 11.4. The number of ether oxygens (including phenoxy) is 3. The fraction of sp³-hybridized carbons (Fsp3) is 0.273. The van der Waals surface area contributed by atoms with Gasteiger partial charge in [0.25, 0.3) is 0 Å². The molecule has 0 fully saturated rings. The Balaban J connectivity index is 3.44. The number of esters is 1. The highest BCUT2D eigenvalue weighted by molar-refractivity contribution is 5.92. The van der Waals surface area contributed by atoms with Crippen LogP contribution in [0, 0.1) is 0 Å². The van der Waals surface area contributed by atoms with Gasteiger partial charge in [0, 0.05) is 0 Å². The second-order valence-corrected chi connectivity index (χ2v) is 2.93. The van der Waals surface area contributed by atoms with E-state index in [1.807, 2.05) is 0 Å². The number of hydrogen-bond acceptors (Lipinski definition) is 6. The number of isocyanates is 1. The molecule has 0 radical (unpaired) electrons. The van der Waals surface area contributed by atoms with Gasteiger partial charge >= 0.3 is 5.97 Å². The highest BCUT2D eigenvalue weighted by Crippen LogP contribution is 2.38. The van der Waals surface area contributed by atoms with E-state index in [2.05, 4.69) is 9.73 Å². The molecule has 0 aliphatic heterocycles. The van der Waals surface area contributed by atoms with Crippen LogP contribution >= 0.6 is 0 Å². The molecule has 0 atom stereocenters. The Morgan fingerprint density at radius 3 is 2.41 bits per heavy atom. The maximum Gasteiger partial charge on any atom is 0.338 e. The molecule has 0 spiro atoms. The highest BCUT2D eigenvalue weighted by Gasteiger charge is 2.16. The van der Waals surface area contributed by atoms with Crippen molar-refractivity contribution in [1.82, 2.24) is 0 Å². The number of aliphatic imine (C=N–C) groups is 1. The number of rotatable bonds is 4. The summed E-state index contributed by atoms with van der Waals surface area (Å²) < 4.78 is 14.6. The number of carbonyl (C=O) groups excluding carboxylic acids is 2. The van der Waals surface area contributed by atoms with Crippen molar-refractivity contribution in [2.24, 2.45) is 4.99 Å². The zero-order valence-electron chi connectivity index (χ0n) is 9.64. The van der Waals surface area contributed by atoms with Crippen LogP contribution in [0.25, 0.3) is 0 Å². The summed E-state index contributed by atoms with van der Waals surface area (Å²) in [5.41, 5.74) is 0.362. The van der Waals surface area contributed by atoms with Gasteiger partial charge in [-0.05, 0) is 12.1 Å². The van der Waals surface area contributed by atoms with Gasteiger partial charge in [0.2, 0.25) is 6.08 Å². The predicted octanol–water partition coefficient (Wildman–Crippen LogP) is 1.46. The third-order valence-electron chi connectivity index (χ3n) is 2.05. The first-order valence-corrected chi connectivity index (χ1v) is 4.60. The van der Waals surface area contributed by atoms with Gasteiger partial charge in [-0.25, -0.2) is 9.59 Å². The molecule has 0 bridgehead atoms. The lowest BCUT2D eigenvalue weighted by Gasteiger charge is -2.10. The minimum absolute atomic E-state index is 0.155. The minimum atomic E-state index is -0.562. The van der Waals surface area contributed by atoms with Gasteiger partial charge in [-0.2, -0.15) is 4.99 Å². The Morgan fingerprint density at radius 1 is 1.24 bits per heavy atom. The van der Waals surface area contributed by atoms with Gasteiger partial charge in [-0.1, -0.05) is 0 Å². The van der Waals surface area contributed by atoms with Gasteiger partial charge in [0.15, 0.2) is 11.5 Å².